The van der Waals surface area contributed by atoms with Crippen molar-refractivity contribution >= 4 is 11.9 Å². The van der Waals surface area contributed by atoms with Crippen LogP contribution in [0.1, 0.15) is 36.2 Å². The lowest BCUT2D eigenvalue weighted by Crippen LogP contribution is -2.51. The van der Waals surface area contributed by atoms with Gasteiger partial charge in [0.1, 0.15) is 5.82 Å². The zero-order valence-electron chi connectivity index (χ0n) is 18.6. The van der Waals surface area contributed by atoms with Crippen LogP contribution in [-0.2, 0) is 4.74 Å². The molecule has 1 aliphatic rings. The number of guanidine groups is 1. The highest BCUT2D eigenvalue weighted by Gasteiger charge is 2.22. The van der Waals surface area contributed by atoms with Crippen molar-refractivity contribution in [1.82, 2.24) is 20.9 Å². The van der Waals surface area contributed by atoms with E-state index in [1.807, 2.05) is 0 Å². The highest BCUT2D eigenvalue weighted by Crippen LogP contribution is 2.13. The number of carbonyl (C=O) groups is 1. The van der Waals surface area contributed by atoms with Crippen molar-refractivity contribution in [2.75, 3.05) is 53.0 Å². The quantitative estimate of drug-likeness (QED) is 0.322. The summed E-state index contributed by atoms with van der Waals surface area (Å²) >= 11 is 0. The van der Waals surface area contributed by atoms with E-state index in [4.69, 9.17) is 4.74 Å². The molecule has 0 saturated carbocycles. The normalized spacial score (nSPS) is 16.4. The molecule has 3 N–H and O–H groups in total. The van der Waals surface area contributed by atoms with E-state index in [0.717, 1.165) is 39.3 Å². The summed E-state index contributed by atoms with van der Waals surface area (Å²) in [5, 5.41) is 9.41. The molecule has 0 aliphatic carbocycles. The summed E-state index contributed by atoms with van der Waals surface area (Å²) in [6, 6.07) is 4.92. The Labute approximate surface area is 179 Å². The minimum Gasteiger partial charge on any atom is -0.379 e. The Kier molecular flexibility index (Phi) is 10.0. The molecule has 0 radical (unpaired) electrons. The van der Waals surface area contributed by atoms with Crippen LogP contribution in [0.4, 0.5) is 4.39 Å². The Balaban J connectivity index is 1.75. The molecule has 7 nitrogen and oxygen atoms in total. The van der Waals surface area contributed by atoms with Crippen molar-refractivity contribution in [2.24, 2.45) is 10.9 Å². The van der Waals surface area contributed by atoms with Gasteiger partial charge in [-0.15, -0.1) is 0 Å². The van der Waals surface area contributed by atoms with Gasteiger partial charge < -0.3 is 20.7 Å². The number of aliphatic imine (C=N–C) groups is 1. The smallest absolute Gasteiger partial charge is 0.251 e. The first-order valence-electron chi connectivity index (χ1n) is 10.7. The molecule has 1 saturated heterocycles. The highest BCUT2D eigenvalue weighted by atomic mass is 19.1. The summed E-state index contributed by atoms with van der Waals surface area (Å²) < 4.78 is 19.1. The van der Waals surface area contributed by atoms with E-state index in [1.54, 1.807) is 26.1 Å². The maximum atomic E-state index is 13.6. The number of aryl methyl sites for hydroxylation is 1. The van der Waals surface area contributed by atoms with Gasteiger partial charge in [-0.1, -0.05) is 19.9 Å². The van der Waals surface area contributed by atoms with E-state index >= 15 is 0 Å². The van der Waals surface area contributed by atoms with Crippen molar-refractivity contribution < 1.29 is 13.9 Å². The lowest BCUT2D eigenvalue weighted by atomic mass is 10.0. The van der Waals surface area contributed by atoms with Gasteiger partial charge in [-0.05, 0) is 37.0 Å². The van der Waals surface area contributed by atoms with Crippen LogP contribution in [0.2, 0.25) is 0 Å². The van der Waals surface area contributed by atoms with Crippen LogP contribution >= 0.6 is 0 Å². The molecule has 1 heterocycles. The average Bonchev–Trinajstić information content (AvgIpc) is 2.74. The standard InChI is InChI=1S/C22H36FN5O2/c1-16(2)13-19(28-9-11-30-12-10-28)15-27-22(24-4)26-8-7-25-21(29)18-6-5-17(3)20(23)14-18/h5-6,14,16,19H,7-13,15H2,1-4H3,(H,25,29)(H2,24,26,27). The fourth-order valence-corrected chi connectivity index (χ4v) is 3.48. The van der Waals surface area contributed by atoms with Crippen LogP contribution in [0, 0.1) is 18.7 Å². The summed E-state index contributed by atoms with van der Waals surface area (Å²) in [5.74, 6) is 0.647. The maximum Gasteiger partial charge on any atom is 0.251 e. The largest absolute Gasteiger partial charge is 0.379 e. The molecule has 8 heteroatoms. The second kappa shape index (κ2) is 12.5. The SMILES string of the molecule is CN=C(NCCNC(=O)c1ccc(C)c(F)c1)NCC(CC(C)C)N1CCOCC1. The zero-order chi connectivity index (χ0) is 21.9. The number of nitrogens with one attached hydrogen (secondary N) is 3. The summed E-state index contributed by atoms with van der Waals surface area (Å²) in [4.78, 5) is 18.9. The molecule has 1 unspecified atom stereocenters. The minimum absolute atomic E-state index is 0.289. The van der Waals surface area contributed by atoms with Gasteiger partial charge in [0.05, 0.1) is 13.2 Å². The molecule has 1 fully saturated rings. The Morgan fingerprint density at radius 3 is 2.53 bits per heavy atom. The fraction of sp³-hybridized carbons (Fsp3) is 0.636. The van der Waals surface area contributed by atoms with Crippen LogP contribution in [0.3, 0.4) is 0 Å². The number of nitrogens with zero attached hydrogens (tertiary/aromatic N) is 2. The molecule has 0 aromatic heterocycles. The van der Waals surface area contributed by atoms with Crippen LogP contribution in [0.15, 0.2) is 23.2 Å². The highest BCUT2D eigenvalue weighted by molar-refractivity contribution is 5.94. The first kappa shape index (κ1) is 24.1. The number of amides is 1. The zero-order valence-corrected chi connectivity index (χ0v) is 18.6. The van der Waals surface area contributed by atoms with Crippen molar-refractivity contribution in [1.29, 1.82) is 0 Å². The molecule has 1 amide bonds. The van der Waals surface area contributed by atoms with Crippen molar-refractivity contribution in [3.05, 3.63) is 35.1 Å². The van der Waals surface area contributed by atoms with Crippen LogP contribution in [0.25, 0.3) is 0 Å². The van der Waals surface area contributed by atoms with Gasteiger partial charge >= 0.3 is 0 Å². The third-order valence-electron chi connectivity index (χ3n) is 5.17. The number of carbonyl (C=O) groups excluding carboxylic acids is 1. The Bertz CT molecular complexity index is 705. The molecule has 30 heavy (non-hydrogen) atoms. The monoisotopic (exact) mass is 421 g/mol. The predicted molar refractivity (Wildman–Crippen MR) is 118 cm³/mol. The second-order valence-electron chi connectivity index (χ2n) is 8.03. The second-order valence-corrected chi connectivity index (χ2v) is 8.03. The fourth-order valence-electron chi connectivity index (χ4n) is 3.48. The molecule has 1 aromatic carbocycles. The number of rotatable bonds is 9. The number of ether oxygens (including phenoxy) is 1. The van der Waals surface area contributed by atoms with Gasteiger partial charge in [-0.2, -0.15) is 0 Å². The Morgan fingerprint density at radius 2 is 1.90 bits per heavy atom. The molecule has 1 atom stereocenters. The molecular weight excluding hydrogens is 385 g/mol. The van der Waals surface area contributed by atoms with Crippen molar-refractivity contribution in [3.8, 4) is 0 Å². The van der Waals surface area contributed by atoms with E-state index in [-0.39, 0.29) is 11.7 Å². The van der Waals surface area contributed by atoms with Crippen LogP contribution < -0.4 is 16.0 Å². The third-order valence-corrected chi connectivity index (χ3v) is 5.17. The molecule has 1 aliphatic heterocycles. The summed E-state index contributed by atoms with van der Waals surface area (Å²) in [7, 11) is 1.73. The average molecular weight is 422 g/mol. The lowest BCUT2D eigenvalue weighted by molar-refractivity contribution is 0.0132. The minimum atomic E-state index is -0.374. The van der Waals surface area contributed by atoms with Gasteiger partial charge in [-0.3, -0.25) is 14.7 Å². The molecule has 0 bridgehead atoms. The van der Waals surface area contributed by atoms with E-state index in [9.17, 15) is 9.18 Å². The van der Waals surface area contributed by atoms with Gasteiger partial charge in [0.2, 0.25) is 0 Å². The summed E-state index contributed by atoms with van der Waals surface area (Å²) in [6.45, 7) is 11.4. The van der Waals surface area contributed by atoms with Crippen LogP contribution in [-0.4, -0.2) is 75.8 Å². The van der Waals surface area contributed by atoms with E-state index < -0.39 is 0 Å². The number of hydrogen-bond donors (Lipinski definition) is 3. The molecule has 168 valence electrons. The van der Waals surface area contributed by atoms with E-state index in [0.29, 0.717) is 42.1 Å². The topological polar surface area (TPSA) is 78.0 Å². The number of morpholine rings is 1. The number of hydrogen-bond acceptors (Lipinski definition) is 4. The van der Waals surface area contributed by atoms with E-state index in [2.05, 4.69) is 39.7 Å². The molecule has 0 spiro atoms. The first-order chi connectivity index (χ1) is 14.4. The number of benzene rings is 1. The summed E-state index contributed by atoms with van der Waals surface area (Å²) in [6.07, 6.45) is 1.10. The third kappa shape index (κ3) is 7.91. The van der Waals surface area contributed by atoms with Crippen LogP contribution in [0.5, 0.6) is 0 Å². The van der Waals surface area contributed by atoms with Gasteiger partial charge in [0, 0.05) is 51.4 Å². The van der Waals surface area contributed by atoms with Gasteiger partial charge in [0.15, 0.2) is 5.96 Å². The molecule has 1 aromatic rings. The summed E-state index contributed by atoms with van der Waals surface area (Å²) in [5.41, 5.74) is 0.846. The predicted octanol–water partition coefficient (Wildman–Crippen LogP) is 1.78. The van der Waals surface area contributed by atoms with Gasteiger partial charge in [-0.25, -0.2) is 4.39 Å². The lowest BCUT2D eigenvalue weighted by Gasteiger charge is -2.35. The Hall–Kier alpha value is -2.19. The van der Waals surface area contributed by atoms with Gasteiger partial charge in [0.25, 0.3) is 5.91 Å². The first-order valence-corrected chi connectivity index (χ1v) is 10.7. The molecule has 2 rings (SSSR count). The number of halogens is 1. The molecular formula is C22H36FN5O2. The van der Waals surface area contributed by atoms with Crippen molar-refractivity contribution in [2.45, 2.75) is 33.2 Å². The maximum absolute atomic E-state index is 13.6. The van der Waals surface area contributed by atoms with Crippen molar-refractivity contribution in [3.63, 3.8) is 0 Å². The van der Waals surface area contributed by atoms with E-state index in [1.165, 1.54) is 6.07 Å². The Morgan fingerprint density at radius 1 is 1.20 bits per heavy atom.